The molecule has 4 nitrogen and oxygen atoms in total. The smallest absolute Gasteiger partial charge is 0.232 e. The van der Waals surface area contributed by atoms with Gasteiger partial charge in [-0.05, 0) is 24.5 Å². The zero-order valence-electron chi connectivity index (χ0n) is 7.47. The maximum atomic E-state index is 11.7. The first-order valence-electron chi connectivity index (χ1n) is 4.01. The standard InChI is InChI=1S/C9H7N3OS/c1-6-4-11-8(5-10-6)9(13)7-2-3-14-12-7/h2-5H,1H3. The van der Waals surface area contributed by atoms with E-state index in [9.17, 15) is 4.79 Å². The minimum Gasteiger partial charge on any atom is -0.285 e. The predicted octanol–water partition coefficient (Wildman–Crippen LogP) is 1.47. The van der Waals surface area contributed by atoms with Gasteiger partial charge in [0.15, 0.2) is 0 Å². The van der Waals surface area contributed by atoms with Crippen molar-refractivity contribution < 1.29 is 4.79 Å². The summed E-state index contributed by atoms with van der Waals surface area (Å²) in [6, 6.07) is 1.68. The highest BCUT2D eigenvalue weighted by molar-refractivity contribution is 7.03. The van der Waals surface area contributed by atoms with E-state index in [4.69, 9.17) is 0 Å². The number of hydrogen-bond donors (Lipinski definition) is 0. The Morgan fingerprint density at radius 2 is 2.14 bits per heavy atom. The van der Waals surface area contributed by atoms with Crippen molar-refractivity contribution in [3.8, 4) is 0 Å². The van der Waals surface area contributed by atoms with E-state index in [0.29, 0.717) is 11.4 Å². The van der Waals surface area contributed by atoms with Gasteiger partial charge < -0.3 is 0 Å². The van der Waals surface area contributed by atoms with Gasteiger partial charge in [-0.3, -0.25) is 9.78 Å². The van der Waals surface area contributed by atoms with Gasteiger partial charge >= 0.3 is 0 Å². The summed E-state index contributed by atoms with van der Waals surface area (Å²) in [4.78, 5) is 19.6. The molecule has 14 heavy (non-hydrogen) atoms. The molecule has 0 bridgehead atoms. The van der Waals surface area contributed by atoms with Crippen molar-refractivity contribution in [2.24, 2.45) is 0 Å². The molecule has 0 aliphatic heterocycles. The predicted molar refractivity (Wildman–Crippen MR) is 52.3 cm³/mol. The number of nitrogens with zero attached hydrogens (tertiary/aromatic N) is 3. The molecule has 0 aliphatic carbocycles. The molecule has 0 aliphatic rings. The number of hydrogen-bond acceptors (Lipinski definition) is 5. The van der Waals surface area contributed by atoms with Crippen LogP contribution in [0.25, 0.3) is 0 Å². The van der Waals surface area contributed by atoms with Crippen LogP contribution in [0.2, 0.25) is 0 Å². The summed E-state index contributed by atoms with van der Waals surface area (Å²) in [7, 11) is 0. The number of rotatable bonds is 2. The Kier molecular flexibility index (Phi) is 2.32. The van der Waals surface area contributed by atoms with Gasteiger partial charge in [0.05, 0.1) is 11.9 Å². The lowest BCUT2D eigenvalue weighted by molar-refractivity contribution is 0.103. The highest BCUT2D eigenvalue weighted by Gasteiger charge is 2.12. The van der Waals surface area contributed by atoms with Crippen molar-refractivity contribution in [1.82, 2.24) is 14.3 Å². The molecule has 2 rings (SSSR count). The summed E-state index contributed by atoms with van der Waals surface area (Å²) >= 11 is 1.25. The third kappa shape index (κ3) is 1.67. The topological polar surface area (TPSA) is 55.7 Å². The largest absolute Gasteiger partial charge is 0.285 e. The van der Waals surface area contributed by atoms with E-state index >= 15 is 0 Å². The van der Waals surface area contributed by atoms with Gasteiger partial charge in [0.1, 0.15) is 11.4 Å². The molecule has 2 aromatic rings. The quantitative estimate of drug-likeness (QED) is 0.697. The molecule has 2 aromatic heterocycles. The molecule has 0 N–H and O–H groups in total. The van der Waals surface area contributed by atoms with Crippen LogP contribution in [-0.2, 0) is 0 Å². The second-order valence-electron chi connectivity index (χ2n) is 2.76. The van der Waals surface area contributed by atoms with E-state index in [0.717, 1.165) is 5.69 Å². The van der Waals surface area contributed by atoms with Crippen LogP contribution in [0.1, 0.15) is 21.9 Å². The molecule has 0 radical (unpaired) electrons. The lowest BCUT2D eigenvalue weighted by atomic mass is 10.2. The lowest BCUT2D eigenvalue weighted by Gasteiger charge is -1.95. The van der Waals surface area contributed by atoms with E-state index in [-0.39, 0.29) is 5.78 Å². The van der Waals surface area contributed by atoms with Crippen molar-refractivity contribution in [3.05, 3.63) is 40.9 Å². The van der Waals surface area contributed by atoms with Gasteiger partial charge in [-0.1, -0.05) is 0 Å². The van der Waals surface area contributed by atoms with Gasteiger partial charge in [0, 0.05) is 11.6 Å². The number of carbonyl (C=O) groups is 1. The number of aromatic nitrogens is 3. The average molecular weight is 205 g/mol. The Hall–Kier alpha value is -1.62. The monoisotopic (exact) mass is 205 g/mol. The highest BCUT2D eigenvalue weighted by atomic mass is 32.1. The van der Waals surface area contributed by atoms with Crippen molar-refractivity contribution in [2.45, 2.75) is 6.92 Å². The summed E-state index contributed by atoms with van der Waals surface area (Å²) < 4.78 is 3.94. The Morgan fingerprint density at radius 1 is 1.29 bits per heavy atom. The van der Waals surface area contributed by atoms with Crippen LogP contribution in [-0.4, -0.2) is 20.1 Å². The molecule has 0 unspecified atom stereocenters. The highest BCUT2D eigenvalue weighted by Crippen LogP contribution is 2.06. The van der Waals surface area contributed by atoms with Crippen LogP contribution < -0.4 is 0 Å². The Morgan fingerprint density at radius 3 is 2.71 bits per heavy atom. The normalized spacial score (nSPS) is 10.1. The van der Waals surface area contributed by atoms with Crippen LogP contribution in [0, 0.1) is 6.92 Å². The van der Waals surface area contributed by atoms with Gasteiger partial charge in [-0.25, -0.2) is 4.98 Å². The zero-order valence-corrected chi connectivity index (χ0v) is 8.28. The molecule has 0 fully saturated rings. The summed E-state index contributed by atoms with van der Waals surface area (Å²) in [6.45, 7) is 1.82. The van der Waals surface area contributed by atoms with E-state index < -0.39 is 0 Å². The van der Waals surface area contributed by atoms with E-state index in [2.05, 4.69) is 14.3 Å². The lowest BCUT2D eigenvalue weighted by Crippen LogP contribution is -2.05. The van der Waals surface area contributed by atoms with Crippen LogP contribution in [0.5, 0.6) is 0 Å². The second kappa shape index (κ2) is 3.63. The molecule has 0 amide bonds. The zero-order chi connectivity index (χ0) is 9.97. The molecule has 70 valence electrons. The van der Waals surface area contributed by atoms with Crippen molar-refractivity contribution in [3.63, 3.8) is 0 Å². The molecular formula is C9H7N3OS. The fourth-order valence-electron chi connectivity index (χ4n) is 0.971. The fraction of sp³-hybridized carbons (Fsp3) is 0.111. The van der Waals surface area contributed by atoms with Crippen LogP contribution >= 0.6 is 11.5 Å². The van der Waals surface area contributed by atoms with Crippen molar-refractivity contribution in [1.29, 1.82) is 0 Å². The third-order valence-corrected chi connectivity index (χ3v) is 2.24. The maximum Gasteiger partial charge on any atom is 0.232 e. The summed E-state index contributed by atoms with van der Waals surface area (Å²) in [6.07, 6.45) is 3.04. The molecule has 0 saturated heterocycles. The van der Waals surface area contributed by atoms with E-state index in [1.54, 1.807) is 17.6 Å². The number of ketones is 1. The minimum atomic E-state index is -0.182. The molecule has 0 aromatic carbocycles. The van der Waals surface area contributed by atoms with Crippen LogP contribution in [0.3, 0.4) is 0 Å². The Bertz CT molecular complexity index is 436. The molecule has 0 spiro atoms. The average Bonchev–Trinajstić information content (AvgIpc) is 2.71. The Balaban J connectivity index is 2.33. The summed E-state index contributed by atoms with van der Waals surface area (Å²) in [5, 5.41) is 1.76. The molecule has 0 saturated carbocycles. The first-order valence-corrected chi connectivity index (χ1v) is 4.85. The first-order chi connectivity index (χ1) is 6.77. The van der Waals surface area contributed by atoms with Crippen molar-refractivity contribution >= 4 is 17.3 Å². The van der Waals surface area contributed by atoms with Crippen LogP contribution in [0.4, 0.5) is 0 Å². The number of carbonyl (C=O) groups excluding carboxylic acids is 1. The number of aryl methyl sites for hydroxylation is 1. The molecule has 5 heteroatoms. The van der Waals surface area contributed by atoms with Gasteiger partial charge in [0.2, 0.25) is 5.78 Å². The Labute approximate surface area is 84.8 Å². The molecule has 0 atom stereocenters. The molecular weight excluding hydrogens is 198 g/mol. The first kappa shape index (κ1) is 8.96. The van der Waals surface area contributed by atoms with Gasteiger partial charge in [-0.15, -0.1) is 0 Å². The summed E-state index contributed by atoms with van der Waals surface area (Å²) in [5.74, 6) is -0.182. The SMILES string of the molecule is Cc1cnc(C(=O)c2ccsn2)cn1. The van der Waals surface area contributed by atoms with Crippen molar-refractivity contribution in [2.75, 3.05) is 0 Å². The third-order valence-electron chi connectivity index (χ3n) is 1.68. The van der Waals surface area contributed by atoms with Gasteiger partial charge in [-0.2, -0.15) is 4.37 Å². The van der Waals surface area contributed by atoms with E-state index in [1.165, 1.54) is 17.7 Å². The summed E-state index contributed by atoms with van der Waals surface area (Å²) in [5.41, 5.74) is 1.55. The second-order valence-corrected chi connectivity index (χ2v) is 3.42. The minimum absolute atomic E-state index is 0.182. The molecule has 2 heterocycles. The maximum absolute atomic E-state index is 11.7. The fourth-order valence-corrected chi connectivity index (χ4v) is 1.48. The van der Waals surface area contributed by atoms with Gasteiger partial charge in [0.25, 0.3) is 0 Å². The van der Waals surface area contributed by atoms with E-state index in [1.807, 2.05) is 6.92 Å². The van der Waals surface area contributed by atoms with Crippen LogP contribution in [0.15, 0.2) is 23.8 Å².